The highest BCUT2D eigenvalue weighted by atomic mass is 15.1. The SMILES string of the molecule is CCCCCCc1cc(-c2ccc(N(c3ccc(-c4ccc(CCC)cc4)cc3)c3ccc(-c4ccc(C(C)(CC)CC)cc4)cc3)cc2C)ccc1-c1ccc(N(c2ccc(-c3ccc(CCC)cc3)cc2)c2ccc(-c3ccc(C(C)(CC)CCC)cc3)cc2)cc1C. The summed E-state index contributed by atoms with van der Waals surface area (Å²) in [6.07, 6.45) is 16.1. The first-order valence-electron chi connectivity index (χ1n) is 36.1. The topological polar surface area (TPSA) is 6.48 Å². The molecule has 0 heterocycles. The molecule has 0 radical (unpaired) electrons. The summed E-state index contributed by atoms with van der Waals surface area (Å²) >= 11 is 0. The minimum Gasteiger partial charge on any atom is -0.310 e. The van der Waals surface area contributed by atoms with Gasteiger partial charge in [0.15, 0.2) is 0 Å². The van der Waals surface area contributed by atoms with E-state index in [-0.39, 0.29) is 10.8 Å². The third kappa shape index (κ3) is 15.4. The van der Waals surface area contributed by atoms with Crippen molar-refractivity contribution in [2.24, 2.45) is 0 Å². The number of benzene rings is 11. The Morgan fingerprint density at radius 3 is 0.937 bits per heavy atom. The molecule has 95 heavy (non-hydrogen) atoms. The van der Waals surface area contributed by atoms with E-state index in [4.69, 9.17) is 0 Å². The van der Waals surface area contributed by atoms with Gasteiger partial charge in [0.1, 0.15) is 0 Å². The molecule has 2 heteroatoms. The maximum atomic E-state index is 2.51. The molecular weight excluding hydrogens is 1150 g/mol. The van der Waals surface area contributed by atoms with Gasteiger partial charge in [0, 0.05) is 34.1 Å². The van der Waals surface area contributed by atoms with E-state index in [1.165, 1.54) is 138 Å². The minimum absolute atomic E-state index is 0.189. The lowest BCUT2D eigenvalue weighted by Gasteiger charge is -2.29. The molecule has 11 aromatic rings. The summed E-state index contributed by atoms with van der Waals surface area (Å²) in [5.74, 6) is 0. The second-order valence-corrected chi connectivity index (χ2v) is 27.5. The Bertz CT molecular complexity index is 4240. The van der Waals surface area contributed by atoms with Crippen LogP contribution in [0, 0.1) is 13.8 Å². The Hall–Kier alpha value is -8.98. The Balaban J connectivity index is 0.921. The van der Waals surface area contributed by atoms with Crippen molar-refractivity contribution in [3.8, 4) is 66.8 Å². The molecule has 0 amide bonds. The van der Waals surface area contributed by atoms with E-state index in [2.05, 4.69) is 335 Å². The summed E-state index contributed by atoms with van der Waals surface area (Å²) in [6.45, 7) is 25.4. The van der Waals surface area contributed by atoms with E-state index in [0.29, 0.717) is 0 Å². The highest BCUT2D eigenvalue weighted by molar-refractivity contribution is 5.86. The van der Waals surface area contributed by atoms with E-state index in [1.54, 1.807) is 0 Å². The first-order chi connectivity index (χ1) is 46.3. The van der Waals surface area contributed by atoms with Crippen molar-refractivity contribution >= 4 is 34.1 Å². The van der Waals surface area contributed by atoms with Gasteiger partial charge in [-0.25, -0.2) is 0 Å². The fourth-order valence-electron chi connectivity index (χ4n) is 14.4. The quantitative estimate of drug-likeness (QED) is 0.0451. The molecule has 2 nitrogen and oxygen atoms in total. The summed E-state index contributed by atoms with van der Waals surface area (Å²) < 4.78 is 0. The summed E-state index contributed by atoms with van der Waals surface area (Å²) in [5.41, 5.74) is 31.7. The largest absolute Gasteiger partial charge is 0.310 e. The summed E-state index contributed by atoms with van der Waals surface area (Å²) in [6, 6.07) is 95.1. The van der Waals surface area contributed by atoms with Crippen LogP contribution in [0.1, 0.15) is 172 Å². The van der Waals surface area contributed by atoms with Crippen LogP contribution >= 0.6 is 0 Å². The van der Waals surface area contributed by atoms with Gasteiger partial charge in [0.2, 0.25) is 0 Å². The number of nitrogens with zero attached hydrogens (tertiary/aromatic N) is 2. The third-order valence-electron chi connectivity index (χ3n) is 21.1. The number of hydrogen-bond acceptors (Lipinski definition) is 2. The van der Waals surface area contributed by atoms with Crippen LogP contribution in [0.3, 0.4) is 0 Å². The Labute approximate surface area is 571 Å². The predicted molar refractivity (Wildman–Crippen MR) is 414 cm³/mol. The van der Waals surface area contributed by atoms with E-state index in [0.717, 1.165) is 91.9 Å². The second kappa shape index (κ2) is 31.1. The van der Waals surface area contributed by atoms with E-state index < -0.39 is 0 Å². The van der Waals surface area contributed by atoms with Gasteiger partial charge in [-0.15, -0.1) is 0 Å². The summed E-state index contributed by atoms with van der Waals surface area (Å²) in [7, 11) is 0. The molecule has 1 atom stereocenters. The molecule has 0 aliphatic carbocycles. The van der Waals surface area contributed by atoms with E-state index >= 15 is 0 Å². The molecule has 0 saturated carbocycles. The first-order valence-corrected chi connectivity index (χ1v) is 36.1. The van der Waals surface area contributed by atoms with Crippen molar-refractivity contribution in [3.63, 3.8) is 0 Å². The maximum absolute atomic E-state index is 2.51. The van der Waals surface area contributed by atoms with Crippen LogP contribution in [-0.4, -0.2) is 0 Å². The van der Waals surface area contributed by atoms with E-state index in [1.807, 2.05) is 0 Å². The zero-order valence-corrected chi connectivity index (χ0v) is 59.0. The van der Waals surface area contributed by atoms with Crippen molar-refractivity contribution in [3.05, 3.63) is 288 Å². The fraction of sp³-hybridized carbons (Fsp3) is 0.290. The number of anilines is 6. The van der Waals surface area contributed by atoms with Gasteiger partial charge >= 0.3 is 0 Å². The molecule has 0 aliphatic rings. The van der Waals surface area contributed by atoms with Gasteiger partial charge < -0.3 is 9.80 Å². The molecule has 11 rings (SSSR count). The number of rotatable bonds is 28. The molecule has 0 aliphatic heterocycles. The van der Waals surface area contributed by atoms with Crippen molar-refractivity contribution in [2.45, 2.75) is 177 Å². The van der Waals surface area contributed by atoms with Crippen LogP contribution in [-0.2, 0) is 30.1 Å². The predicted octanol–water partition coefficient (Wildman–Crippen LogP) is 27.8. The smallest absolute Gasteiger partial charge is 0.0464 e. The maximum Gasteiger partial charge on any atom is 0.0464 e. The van der Waals surface area contributed by atoms with Gasteiger partial charge in [-0.2, -0.15) is 0 Å². The third-order valence-corrected chi connectivity index (χ3v) is 21.1. The van der Waals surface area contributed by atoms with Gasteiger partial charge in [-0.1, -0.05) is 277 Å². The second-order valence-electron chi connectivity index (χ2n) is 27.5. The number of hydrogen-bond donors (Lipinski definition) is 0. The first kappa shape index (κ1) is 67.4. The number of unbranched alkanes of at least 4 members (excludes halogenated alkanes) is 3. The normalized spacial score (nSPS) is 12.2. The lowest BCUT2D eigenvalue weighted by Crippen LogP contribution is -2.20. The van der Waals surface area contributed by atoms with Crippen molar-refractivity contribution in [2.75, 3.05) is 9.80 Å². The van der Waals surface area contributed by atoms with Gasteiger partial charge in [0.25, 0.3) is 0 Å². The van der Waals surface area contributed by atoms with Crippen LogP contribution in [0.2, 0.25) is 0 Å². The lowest BCUT2D eigenvalue weighted by atomic mass is 9.76. The highest BCUT2D eigenvalue weighted by Crippen LogP contribution is 2.44. The zero-order valence-electron chi connectivity index (χ0n) is 59.0. The Morgan fingerprint density at radius 1 is 0.263 bits per heavy atom. The molecule has 484 valence electrons. The van der Waals surface area contributed by atoms with Gasteiger partial charge in [-0.3, -0.25) is 0 Å². The zero-order chi connectivity index (χ0) is 66.5. The average Bonchev–Trinajstić information content (AvgIpc) is 0.810. The molecule has 0 N–H and O–H groups in total. The molecule has 1 unspecified atom stereocenters. The monoisotopic (exact) mass is 1250 g/mol. The molecule has 0 aromatic heterocycles. The standard InChI is InChI=1S/C93H102N2/c1-12-19-20-21-24-79-66-80(89-61-58-87(64-67(89)8)94(83-50-37-75(38-51-83)71-29-25-69(22-13-2)26-30-71)84-54-41-77(42-55-84)73-33-46-81(47-34-73)92(10,16-5)17-6)45-60-91(79)90-62-59-88(65-68(90)9)95(85-52-39-76(40-53-85)72-31-27-70(23-14-3)28-32-72)86-56-43-78(44-57-86)74-35-48-82(49-36-74)93(11,18-7)63-15-4/h25-62,64-66H,12-24,63H2,1-11H3. The Kier molecular flexibility index (Phi) is 22.0. The van der Waals surface area contributed by atoms with Crippen molar-refractivity contribution in [1.82, 2.24) is 0 Å². The van der Waals surface area contributed by atoms with Crippen molar-refractivity contribution in [1.29, 1.82) is 0 Å². The van der Waals surface area contributed by atoms with Crippen LogP contribution in [0.5, 0.6) is 0 Å². The van der Waals surface area contributed by atoms with Crippen molar-refractivity contribution < 1.29 is 0 Å². The lowest BCUT2D eigenvalue weighted by molar-refractivity contribution is 0.414. The van der Waals surface area contributed by atoms with Crippen LogP contribution in [0.15, 0.2) is 249 Å². The molecule has 11 aromatic carbocycles. The molecule has 0 spiro atoms. The van der Waals surface area contributed by atoms with Crippen LogP contribution in [0.4, 0.5) is 34.1 Å². The average molecular weight is 1250 g/mol. The molecule has 0 fully saturated rings. The van der Waals surface area contributed by atoms with Crippen LogP contribution in [0.25, 0.3) is 66.8 Å². The molecule has 0 bridgehead atoms. The van der Waals surface area contributed by atoms with Crippen LogP contribution < -0.4 is 9.80 Å². The minimum atomic E-state index is 0.189. The summed E-state index contributed by atoms with van der Waals surface area (Å²) in [4.78, 5) is 4.86. The Morgan fingerprint density at radius 2 is 0.589 bits per heavy atom. The highest BCUT2D eigenvalue weighted by Gasteiger charge is 2.25. The summed E-state index contributed by atoms with van der Waals surface area (Å²) in [5, 5.41) is 0. The molecule has 0 saturated heterocycles. The number of aryl methyl sites for hydroxylation is 5. The molecular formula is C93H102N2. The van der Waals surface area contributed by atoms with Gasteiger partial charge in [0.05, 0.1) is 0 Å². The van der Waals surface area contributed by atoms with E-state index in [9.17, 15) is 0 Å². The fourth-order valence-corrected chi connectivity index (χ4v) is 14.4. The van der Waals surface area contributed by atoms with Gasteiger partial charge in [-0.05, 0) is 255 Å².